The van der Waals surface area contributed by atoms with E-state index in [-0.39, 0.29) is 12.0 Å². The maximum Gasteiger partial charge on any atom is 0.272 e. The monoisotopic (exact) mass is 335 g/mol. The number of imidazole rings is 1. The van der Waals surface area contributed by atoms with Crippen LogP contribution in [0.1, 0.15) is 28.9 Å². The van der Waals surface area contributed by atoms with Crippen LogP contribution in [-0.2, 0) is 4.74 Å². The third-order valence-electron chi connectivity index (χ3n) is 4.58. The average molecular weight is 335 g/mol. The number of aryl methyl sites for hydroxylation is 1. The van der Waals surface area contributed by atoms with Gasteiger partial charge in [-0.25, -0.2) is 4.98 Å². The predicted molar refractivity (Wildman–Crippen MR) is 96.7 cm³/mol. The van der Waals surface area contributed by atoms with E-state index in [1.54, 1.807) is 0 Å². The number of carbonyl (C=O) groups excluding carboxylic acids is 1. The zero-order valence-electron chi connectivity index (χ0n) is 14.2. The standard InChI is InChI=1S/C20H21N3O2/c1-14-7-9-15(10-8-14)19-18(22-17-6-2-3-11-23(17)19)20(24)21-13-16-5-4-12-25-16/h2-3,6-11,16H,4-5,12-13H2,1H3,(H,21,24). The Morgan fingerprint density at radius 3 is 2.88 bits per heavy atom. The van der Waals surface area contributed by atoms with E-state index in [4.69, 9.17) is 4.74 Å². The molecule has 1 amide bonds. The zero-order chi connectivity index (χ0) is 17.2. The highest BCUT2D eigenvalue weighted by molar-refractivity contribution is 5.99. The molecule has 0 spiro atoms. The molecule has 0 bridgehead atoms. The fourth-order valence-corrected chi connectivity index (χ4v) is 3.24. The Kier molecular flexibility index (Phi) is 4.24. The van der Waals surface area contributed by atoms with Crippen molar-refractivity contribution in [1.29, 1.82) is 0 Å². The Balaban J connectivity index is 1.70. The summed E-state index contributed by atoms with van der Waals surface area (Å²) in [5.41, 5.74) is 4.20. The minimum atomic E-state index is -0.158. The van der Waals surface area contributed by atoms with Gasteiger partial charge in [-0.3, -0.25) is 9.20 Å². The van der Waals surface area contributed by atoms with Gasteiger partial charge in [0.2, 0.25) is 0 Å². The largest absolute Gasteiger partial charge is 0.376 e. The second-order valence-corrected chi connectivity index (χ2v) is 6.45. The number of aromatic nitrogens is 2. The fourth-order valence-electron chi connectivity index (χ4n) is 3.24. The summed E-state index contributed by atoms with van der Waals surface area (Å²) in [6.45, 7) is 3.36. The maximum absolute atomic E-state index is 12.8. The summed E-state index contributed by atoms with van der Waals surface area (Å²) in [7, 11) is 0. The first-order chi connectivity index (χ1) is 12.2. The molecule has 0 saturated carbocycles. The van der Waals surface area contributed by atoms with Crippen LogP contribution in [0.4, 0.5) is 0 Å². The third kappa shape index (κ3) is 3.15. The molecular formula is C20H21N3O2. The van der Waals surface area contributed by atoms with Crippen molar-refractivity contribution < 1.29 is 9.53 Å². The van der Waals surface area contributed by atoms with E-state index in [0.29, 0.717) is 12.2 Å². The molecule has 1 unspecified atom stereocenters. The van der Waals surface area contributed by atoms with Gasteiger partial charge in [-0.1, -0.05) is 35.9 Å². The summed E-state index contributed by atoms with van der Waals surface area (Å²) in [4.78, 5) is 17.4. The lowest BCUT2D eigenvalue weighted by molar-refractivity contribution is 0.0855. The van der Waals surface area contributed by atoms with Gasteiger partial charge < -0.3 is 10.1 Å². The number of pyridine rings is 1. The number of hydrogen-bond acceptors (Lipinski definition) is 3. The van der Waals surface area contributed by atoms with Crippen LogP contribution in [0.5, 0.6) is 0 Å². The van der Waals surface area contributed by atoms with Crippen molar-refractivity contribution in [2.45, 2.75) is 25.9 Å². The summed E-state index contributed by atoms with van der Waals surface area (Å²) in [6, 6.07) is 13.9. The highest BCUT2D eigenvalue weighted by Gasteiger charge is 2.22. The normalized spacial score (nSPS) is 17.1. The molecule has 1 N–H and O–H groups in total. The van der Waals surface area contributed by atoms with Crippen LogP contribution in [0.15, 0.2) is 48.7 Å². The second kappa shape index (κ2) is 6.69. The van der Waals surface area contributed by atoms with Crippen LogP contribution in [0.25, 0.3) is 16.9 Å². The molecule has 2 aromatic heterocycles. The van der Waals surface area contributed by atoms with E-state index >= 15 is 0 Å². The highest BCUT2D eigenvalue weighted by Crippen LogP contribution is 2.25. The third-order valence-corrected chi connectivity index (χ3v) is 4.58. The van der Waals surface area contributed by atoms with Crippen LogP contribution in [-0.4, -0.2) is 34.5 Å². The molecule has 0 radical (unpaired) electrons. The van der Waals surface area contributed by atoms with Crippen LogP contribution < -0.4 is 5.32 Å². The minimum Gasteiger partial charge on any atom is -0.376 e. The van der Waals surface area contributed by atoms with Gasteiger partial charge in [0.1, 0.15) is 5.65 Å². The molecule has 1 fully saturated rings. The molecule has 3 heterocycles. The minimum absolute atomic E-state index is 0.115. The molecular weight excluding hydrogens is 314 g/mol. The molecule has 1 saturated heterocycles. The number of benzene rings is 1. The number of ether oxygens (including phenoxy) is 1. The summed E-state index contributed by atoms with van der Waals surface area (Å²) in [5, 5.41) is 2.98. The van der Waals surface area contributed by atoms with Gasteiger partial charge in [0.05, 0.1) is 11.8 Å². The van der Waals surface area contributed by atoms with Gasteiger partial charge in [0, 0.05) is 24.9 Å². The first kappa shape index (κ1) is 15.8. The fraction of sp³-hybridized carbons (Fsp3) is 0.300. The molecule has 0 aliphatic carbocycles. The average Bonchev–Trinajstić information content (AvgIpc) is 3.28. The number of nitrogens with one attached hydrogen (secondary N) is 1. The van der Waals surface area contributed by atoms with Crippen molar-refractivity contribution in [2.75, 3.05) is 13.2 Å². The van der Waals surface area contributed by atoms with Gasteiger partial charge in [-0.2, -0.15) is 0 Å². The van der Waals surface area contributed by atoms with Crippen molar-refractivity contribution >= 4 is 11.6 Å². The number of amides is 1. The molecule has 128 valence electrons. The molecule has 4 rings (SSSR count). The van der Waals surface area contributed by atoms with Gasteiger partial charge >= 0.3 is 0 Å². The Morgan fingerprint density at radius 1 is 1.28 bits per heavy atom. The number of rotatable bonds is 4. The number of fused-ring (bicyclic) bond motifs is 1. The predicted octanol–water partition coefficient (Wildman–Crippen LogP) is 3.22. The quantitative estimate of drug-likeness (QED) is 0.796. The molecule has 1 aromatic carbocycles. The topological polar surface area (TPSA) is 55.6 Å². The van der Waals surface area contributed by atoms with Crippen LogP contribution in [0.2, 0.25) is 0 Å². The van der Waals surface area contributed by atoms with Crippen molar-refractivity contribution in [1.82, 2.24) is 14.7 Å². The molecule has 1 aliphatic heterocycles. The molecule has 5 nitrogen and oxygen atoms in total. The smallest absolute Gasteiger partial charge is 0.272 e. The van der Waals surface area contributed by atoms with E-state index in [9.17, 15) is 4.79 Å². The van der Waals surface area contributed by atoms with Gasteiger partial charge in [-0.15, -0.1) is 0 Å². The van der Waals surface area contributed by atoms with Crippen molar-refractivity contribution in [3.05, 3.63) is 59.9 Å². The van der Waals surface area contributed by atoms with E-state index in [2.05, 4.69) is 10.3 Å². The zero-order valence-corrected chi connectivity index (χ0v) is 14.2. The van der Waals surface area contributed by atoms with Gasteiger partial charge in [0.15, 0.2) is 5.69 Å². The Bertz CT molecular complexity index is 893. The summed E-state index contributed by atoms with van der Waals surface area (Å²) in [6.07, 6.45) is 4.11. The Labute approximate surface area is 146 Å². The molecule has 5 heteroatoms. The maximum atomic E-state index is 12.8. The Hall–Kier alpha value is -2.66. The van der Waals surface area contributed by atoms with Gasteiger partial charge in [0.25, 0.3) is 5.91 Å². The lowest BCUT2D eigenvalue weighted by Gasteiger charge is -2.11. The van der Waals surface area contributed by atoms with E-state index in [1.165, 1.54) is 5.56 Å². The van der Waals surface area contributed by atoms with Crippen LogP contribution in [0, 0.1) is 6.92 Å². The summed E-state index contributed by atoms with van der Waals surface area (Å²) in [5.74, 6) is -0.158. The van der Waals surface area contributed by atoms with Gasteiger partial charge in [-0.05, 0) is 31.9 Å². The summed E-state index contributed by atoms with van der Waals surface area (Å²) >= 11 is 0. The van der Waals surface area contributed by atoms with Crippen LogP contribution >= 0.6 is 0 Å². The first-order valence-corrected chi connectivity index (χ1v) is 8.66. The van der Waals surface area contributed by atoms with E-state index in [0.717, 1.165) is 36.4 Å². The molecule has 1 aliphatic rings. The Morgan fingerprint density at radius 2 is 2.12 bits per heavy atom. The number of hydrogen-bond donors (Lipinski definition) is 1. The number of carbonyl (C=O) groups is 1. The summed E-state index contributed by atoms with van der Waals surface area (Å²) < 4.78 is 7.55. The van der Waals surface area contributed by atoms with Crippen molar-refractivity contribution in [3.63, 3.8) is 0 Å². The van der Waals surface area contributed by atoms with Crippen molar-refractivity contribution in [2.24, 2.45) is 0 Å². The van der Waals surface area contributed by atoms with E-state index < -0.39 is 0 Å². The molecule has 1 atom stereocenters. The van der Waals surface area contributed by atoms with Crippen molar-refractivity contribution in [3.8, 4) is 11.3 Å². The number of nitrogens with zero attached hydrogens (tertiary/aromatic N) is 2. The highest BCUT2D eigenvalue weighted by atomic mass is 16.5. The first-order valence-electron chi connectivity index (χ1n) is 8.66. The van der Waals surface area contributed by atoms with E-state index in [1.807, 2.05) is 60.0 Å². The molecule has 25 heavy (non-hydrogen) atoms. The second-order valence-electron chi connectivity index (χ2n) is 6.45. The SMILES string of the molecule is Cc1ccc(-c2c(C(=O)NCC3CCCO3)nc3ccccn23)cc1. The van der Waals surface area contributed by atoms with Crippen LogP contribution in [0.3, 0.4) is 0 Å². The lowest BCUT2D eigenvalue weighted by atomic mass is 10.1. The lowest BCUT2D eigenvalue weighted by Crippen LogP contribution is -2.32. The molecule has 3 aromatic rings.